The molecule has 0 aliphatic rings. The molecule has 0 aromatic heterocycles. The van der Waals surface area contributed by atoms with Gasteiger partial charge in [0.05, 0.1) is 0 Å². The number of nitrogens with zero attached hydrogens (tertiary/aromatic N) is 1. The van der Waals surface area contributed by atoms with Crippen LogP contribution in [0.2, 0.25) is 0 Å². The van der Waals surface area contributed by atoms with E-state index in [1.165, 1.54) is 12.1 Å². The van der Waals surface area contributed by atoms with E-state index >= 15 is 0 Å². The molecule has 0 aliphatic heterocycles. The molecule has 1 N–H and O–H groups in total. The molecule has 0 saturated carbocycles. The number of halogens is 3. The summed E-state index contributed by atoms with van der Waals surface area (Å²) in [4.78, 5) is 1.99. The number of hydrogen-bond acceptors (Lipinski definition) is 3. The number of nitrogens with one attached hydrogen (secondary N) is 1. The summed E-state index contributed by atoms with van der Waals surface area (Å²) in [5, 5.41) is 3.07. The molecular formula is C12H17F3N2O. The Morgan fingerprint density at radius 3 is 2.50 bits per heavy atom. The minimum atomic E-state index is -4.65. The highest BCUT2D eigenvalue weighted by molar-refractivity contribution is 5.33. The highest BCUT2D eigenvalue weighted by atomic mass is 19.4. The molecule has 0 saturated heterocycles. The molecule has 1 rings (SSSR count). The van der Waals surface area contributed by atoms with Crippen LogP contribution in [0.25, 0.3) is 0 Å². The first-order valence-electron chi connectivity index (χ1n) is 5.57. The zero-order chi connectivity index (χ0) is 13.6. The quantitative estimate of drug-likeness (QED) is 0.796. The SMILES string of the molecule is CN(C)CCNCc1ccccc1OC(F)(F)F. The number of ether oxygens (including phenoxy) is 1. The first-order valence-corrected chi connectivity index (χ1v) is 5.57. The van der Waals surface area contributed by atoms with Crippen molar-refractivity contribution in [3.05, 3.63) is 29.8 Å². The first kappa shape index (κ1) is 14.8. The van der Waals surface area contributed by atoms with Crippen LogP contribution in [0, 0.1) is 0 Å². The van der Waals surface area contributed by atoms with E-state index in [9.17, 15) is 13.2 Å². The fourth-order valence-electron chi connectivity index (χ4n) is 1.40. The predicted octanol–water partition coefficient (Wildman–Crippen LogP) is 2.24. The van der Waals surface area contributed by atoms with Gasteiger partial charge in [0.15, 0.2) is 0 Å². The molecule has 0 radical (unpaired) electrons. The molecule has 102 valence electrons. The Labute approximate surface area is 105 Å². The minimum Gasteiger partial charge on any atom is -0.405 e. The fourth-order valence-corrected chi connectivity index (χ4v) is 1.40. The van der Waals surface area contributed by atoms with Gasteiger partial charge in [-0.3, -0.25) is 0 Å². The Kier molecular flexibility index (Phi) is 5.43. The molecular weight excluding hydrogens is 245 g/mol. The summed E-state index contributed by atoms with van der Waals surface area (Å²) in [5.41, 5.74) is 0.494. The van der Waals surface area contributed by atoms with Crippen molar-refractivity contribution in [2.45, 2.75) is 12.9 Å². The summed E-state index contributed by atoms with van der Waals surface area (Å²) < 4.78 is 40.5. The van der Waals surface area contributed by atoms with Crippen LogP contribution in [0.15, 0.2) is 24.3 Å². The summed E-state index contributed by atoms with van der Waals surface area (Å²) in [5.74, 6) is -0.151. The van der Waals surface area contributed by atoms with Gasteiger partial charge in [0, 0.05) is 25.2 Å². The van der Waals surface area contributed by atoms with Gasteiger partial charge in [0.1, 0.15) is 5.75 Å². The molecule has 0 spiro atoms. The highest BCUT2D eigenvalue weighted by Crippen LogP contribution is 2.25. The Bertz CT molecular complexity index is 367. The van der Waals surface area contributed by atoms with Crippen molar-refractivity contribution >= 4 is 0 Å². The number of likely N-dealkylation sites (N-methyl/N-ethyl adjacent to an activating group) is 1. The fraction of sp³-hybridized carbons (Fsp3) is 0.500. The average Bonchev–Trinajstić information content (AvgIpc) is 2.24. The number of para-hydroxylation sites is 1. The second-order valence-corrected chi connectivity index (χ2v) is 4.14. The number of hydrogen-bond donors (Lipinski definition) is 1. The van der Waals surface area contributed by atoms with Crippen LogP contribution in [0.1, 0.15) is 5.56 Å². The van der Waals surface area contributed by atoms with Crippen molar-refractivity contribution < 1.29 is 17.9 Å². The lowest BCUT2D eigenvalue weighted by molar-refractivity contribution is -0.274. The Balaban J connectivity index is 2.54. The van der Waals surface area contributed by atoms with Crippen LogP contribution in [-0.4, -0.2) is 38.4 Å². The largest absolute Gasteiger partial charge is 0.573 e. The van der Waals surface area contributed by atoms with Crippen LogP contribution in [0.5, 0.6) is 5.75 Å². The van der Waals surface area contributed by atoms with Crippen LogP contribution >= 0.6 is 0 Å². The maximum atomic E-state index is 12.2. The third-order valence-electron chi connectivity index (χ3n) is 2.25. The van der Waals surface area contributed by atoms with E-state index in [1.54, 1.807) is 12.1 Å². The molecule has 0 aliphatic carbocycles. The normalized spacial score (nSPS) is 11.9. The molecule has 18 heavy (non-hydrogen) atoms. The maximum absolute atomic E-state index is 12.2. The molecule has 0 amide bonds. The molecule has 0 atom stereocenters. The summed E-state index contributed by atoms with van der Waals surface area (Å²) in [7, 11) is 3.87. The zero-order valence-corrected chi connectivity index (χ0v) is 10.4. The van der Waals surface area contributed by atoms with Crippen LogP contribution < -0.4 is 10.1 Å². The van der Waals surface area contributed by atoms with Crippen LogP contribution in [-0.2, 0) is 6.54 Å². The lowest BCUT2D eigenvalue weighted by atomic mass is 10.2. The van der Waals surface area contributed by atoms with Crippen LogP contribution in [0.4, 0.5) is 13.2 Å². The van der Waals surface area contributed by atoms with Crippen LogP contribution in [0.3, 0.4) is 0 Å². The van der Waals surface area contributed by atoms with Gasteiger partial charge in [-0.25, -0.2) is 0 Å². The molecule has 1 aromatic rings. The van der Waals surface area contributed by atoms with Gasteiger partial charge in [0.25, 0.3) is 0 Å². The standard InChI is InChI=1S/C12H17F3N2O/c1-17(2)8-7-16-9-10-5-3-4-6-11(10)18-12(13,14)15/h3-6,16H,7-9H2,1-2H3. The average molecular weight is 262 g/mol. The van der Waals surface area contributed by atoms with E-state index in [0.29, 0.717) is 18.7 Å². The molecule has 3 nitrogen and oxygen atoms in total. The van der Waals surface area contributed by atoms with Crippen molar-refractivity contribution in [3.8, 4) is 5.75 Å². The van der Waals surface area contributed by atoms with Gasteiger partial charge in [0.2, 0.25) is 0 Å². The van der Waals surface area contributed by atoms with Crippen molar-refractivity contribution in [3.63, 3.8) is 0 Å². The van der Waals surface area contributed by atoms with Gasteiger partial charge in [-0.15, -0.1) is 13.2 Å². The second-order valence-electron chi connectivity index (χ2n) is 4.14. The Morgan fingerprint density at radius 1 is 1.22 bits per heavy atom. The van der Waals surface area contributed by atoms with Gasteiger partial charge < -0.3 is 15.0 Å². The van der Waals surface area contributed by atoms with Gasteiger partial charge >= 0.3 is 6.36 Å². The molecule has 6 heteroatoms. The van der Waals surface area contributed by atoms with E-state index in [1.807, 2.05) is 19.0 Å². The van der Waals surface area contributed by atoms with Crippen molar-refractivity contribution in [1.82, 2.24) is 10.2 Å². The first-order chi connectivity index (χ1) is 8.38. The Hall–Kier alpha value is -1.27. The van der Waals surface area contributed by atoms with E-state index in [0.717, 1.165) is 6.54 Å². The molecule has 0 heterocycles. The number of rotatable bonds is 6. The maximum Gasteiger partial charge on any atom is 0.573 e. The van der Waals surface area contributed by atoms with E-state index < -0.39 is 6.36 Å². The molecule has 0 unspecified atom stereocenters. The number of alkyl halides is 3. The predicted molar refractivity (Wildman–Crippen MR) is 63.4 cm³/mol. The monoisotopic (exact) mass is 262 g/mol. The lowest BCUT2D eigenvalue weighted by Gasteiger charge is -2.14. The van der Waals surface area contributed by atoms with Gasteiger partial charge in [-0.2, -0.15) is 0 Å². The summed E-state index contributed by atoms with van der Waals surface area (Å²) >= 11 is 0. The summed E-state index contributed by atoms with van der Waals surface area (Å²) in [6.45, 7) is 1.87. The lowest BCUT2D eigenvalue weighted by Crippen LogP contribution is -2.26. The summed E-state index contributed by atoms with van der Waals surface area (Å²) in [6, 6.07) is 6.14. The highest BCUT2D eigenvalue weighted by Gasteiger charge is 2.31. The minimum absolute atomic E-state index is 0.151. The third-order valence-corrected chi connectivity index (χ3v) is 2.25. The van der Waals surface area contributed by atoms with E-state index in [2.05, 4.69) is 10.1 Å². The smallest absolute Gasteiger partial charge is 0.405 e. The molecule has 1 aromatic carbocycles. The van der Waals surface area contributed by atoms with Crippen molar-refractivity contribution in [1.29, 1.82) is 0 Å². The molecule has 0 bridgehead atoms. The Morgan fingerprint density at radius 2 is 1.89 bits per heavy atom. The summed E-state index contributed by atoms with van der Waals surface area (Å²) in [6.07, 6.45) is -4.65. The van der Waals surface area contributed by atoms with Gasteiger partial charge in [-0.1, -0.05) is 18.2 Å². The number of benzene rings is 1. The van der Waals surface area contributed by atoms with Crippen molar-refractivity contribution in [2.24, 2.45) is 0 Å². The van der Waals surface area contributed by atoms with E-state index in [4.69, 9.17) is 0 Å². The zero-order valence-electron chi connectivity index (χ0n) is 10.4. The van der Waals surface area contributed by atoms with Crippen molar-refractivity contribution in [2.75, 3.05) is 27.2 Å². The molecule has 0 fully saturated rings. The third kappa shape index (κ3) is 5.88. The second kappa shape index (κ2) is 6.61. The van der Waals surface area contributed by atoms with Gasteiger partial charge in [-0.05, 0) is 20.2 Å². The topological polar surface area (TPSA) is 24.5 Å². The van der Waals surface area contributed by atoms with E-state index in [-0.39, 0.29) is 5.75 Å².